The predicted molar refractivity (Wildman–Crippen MR) is 181 cm³/mol. The van der Waals surface area contributed by atoms with E-state index in [2.05, 4.69) is 25.5 Å². The molecular weight excluding hydrogens is 628 g/mol. The Morgan fingerprint density at radius 1 is 0.913 bits per heavy atom. The molecule has 0 spiro atoms. The van der Waals surface area contributed by atoms with Gasteiger partial charge in [0.15, 0.2) is 11.6 Å². The second-order valence-electron chi connectivity index (χ2n) is 10.9. The number of nitrogens with one attached hydrogen (secondary N) is 2. The van der Waals surface area contributed by atoms with E-state index >= 15 is 0 Å². The molecule has 0 saturated carbocycles. The number of halogens is 3. The van der Waals surface area contributed by atoms with E-state index in [0.717, 1.165) is 36.8 Å². The minimum atomic E-state index is -0.579. The van der Waals surface area contributed by atoms with Crippen LogP contribution in [0.1, 0.15) is 36.0 Å². The molecule has 11 heteroatoms. The summed E-state index contributed by atoms with van der Waals surface area (Å²) in [6.45, 7) is 3.61. The van der Waals surface area contributed by atoms with Gasteiger partial charge in [0.2, 0.25) is 11.8 Å². The van der Waals surface area contributed by atoms with Gasteiger partial charge in [0.05, 0.1) is 22.3 Å². The molecule has 1 saturated heterocycles. The monoisotopic (exact) mass is 659 g/mol. The maximum Gasteiger partial charge on any atom is 0.262 e. The highest BCUT2D eigenvalue weighted by Crippen LogP contribution is 2.33. The summed E-state index contributed by atoms with van der Waals surface area (Å²) in [5.74, 6) is -0.384. The fraction of sp³-hybridized carbons (Fsp3) is 0.229. The van der Waals surface area contributed by atoms with Crippen LogP contribution in [0.2, 0.25) is 10.0 Å². The lowest BCUT2D eigenvalue weighted by molar-refractivity contribution is 0.102. The van der Waals surface area contributed by atoms with Gasteiger partial charge in [0, 0.05) is 24.5 Å². The fourth-order valence-electron chi connectivity index (χ4n) is 5.28. The zero-order chi connectivity index (χ0) is 31.9. The summed E-state index contributed by atoms with van der Waals surface area (Å²) in [6, 6.07) is 22.8. The Labute approximate surface area is 276 Å². The van der Waals surface area contributed by atoms with Crippen LogP contribution in [-0.4, -0.2) is 47.0 Å². The molecule has 0 aliphatic carbocycles. The highest BCUT2D eigenvalue weighted by Gasteiger charge is 2.20. The molecule has 236 valence electrons. The molecule has 2 heterocycles. The number of hydrogen-bond donors (Lipinski definition) is 2. The van der Waals surface area contributed by atoms with Gasteiger partial charge in [0.1, 0.15) is 11.3 Å². The van der Waals surface area contributed by atoms with Gasteiger partial charge in [-0.05, 0) is 79.5 Å². The van der Waals surface area contributed by atoms with Crippen LogP contribution in [0.3, 0.4) is 0 Å². The first-order chi connectivity index (χ1) is 22.4. The SMILES string of the molecule is O=C(Nc1c(Cl)cccc1Cl)c1cnc(Nc2ccc(OCCCN3CCCCC3)c(F)c2)nc1Oc1ccc2ccccc2c1. The summed E-state index contributed by atoms with van der Waals surface area (Å²) >= 11 is 12.6. The van der Waals surface area contributed by atoms with Gasteiger partial charge in [-0.2, -0.15) is 4.98 Å². The highest BCUT2D eigenvalue weighted by atomic mass is 35.5. The molecule has 1 aliphatic heterocycles. The van der Waals surface area contributed by atoms with E-state index in [1.165, 1.54) is 31.5 Å². The van der Waals surface area contributed by atoms with E-state index in [-0.39, 0.29) is 38.9 Å². The Bertz CT molecular complexity index is 1830. The van der Waals surface area contributed by atoms with Crippen molar-refractivity contribution in [2.24, 2.45) is 0 Å². The lowest BCUT2D eigenvalue weighted by Gasteiger charge is -2.26. The van der Waals surface area contributed by atoms with Gasteiger partial charge in [-0.1, -0.05) is 66.0 Å². The van der Waals surface area contributed by atoms with Gasteiger partial charge >= 0.3 is 0 Å². The number of fused-ring (bicyclic) bond motifs is 1. The molecule has 0 radical (unpaired) electrons. The molecule has 0 unspecified atom stereocenters. The smallest absolute Gasteiger partial charge is 0.262 e. The number of benzene rings is 4. The predicted octanol–water partition coefficient (Wildman–Crippen LogP) is 9.12. The molecule has 46 heavy (non-hydrogen) atoms. The van der Waals surface area contributed by atoms with Crippen LogP contribution >= 0.6 is 23.2 Å². The normalized spacial score (nSPS) is 13.4. The summed E-state index contributed by atoms with van der Waals surface area (Å²) < 4.78 is 26.8. The number of carbonyl (C=O) groups is 1. The van der Waals surface area contributed by atoms with Crippen molar-refractivity contribution in [3.05, 3.63) is 106 Å². The molecule has 2 N–H and O–H groups in total. The fourth-order valence-corrected chi connectivity index (χ4v) is 5.77. The lowest BCUT2D eigenvalue weighted by atomic mass is 10.1. The summed E-state index contributed by atoms with van der Waals surface area (Å²) in [5.41, 5.74) is 0.683. The van der Waals surface area contributed by atoms with Crippen LogP contribution in [0.5, 0.6) is 17.4 Å². The summed E-state index contributed by atoms with van der Waals surface area (Å²) in [6.07, 6.45) is 5.91. The number of piperidine rings is 1. The van der Waals surface area contributed by atoms with Crippen molar-refractivity contribution >= 4 is 57.2 Å². The van der Waals surface area contributed by atoms with Crippen LogP contribution in [-0.2, 0) is 0 Å². The molecule has 0 bridgehead atoms. The first-order valence-corrected chi connectivity index (χ1v) is 15.9. The maximum atomic E-state index is 15.0. The van der Waals surface area contributed by atoms with Gasteiger partial charge in [-0.15, -0.1) is 0 Å². The third kappa shape index (κ3) is 7.85. The first kappa shape index (κ1) is 31.5. The standard InChI is InChI=1S/C35H32Cl2FN5O3/c36-28-10-6-11-29(37)32(28)41-33(44)27-22-39-35(42-34(27)46-26-14-12-23-8-2-3-9-24(23)20-26)40-25-13-15-31(30(38)21-25)45-19-7-18-43-16-4-1-5-17-43/h2-3,6,8-15,20-22H,1,4-5,7,16-19H2,(H,41,44)(H,39,40,42). The molecule has 1 aliphatic rings. The van der Waals surface area contributed by atoms with Crippen LogP contribution in [0.15, 0.2) is 85.1 Å². The molecule has 6 rings (SSSR count). The minimum absolute atomic E-state index is 0.0254. The van der Waals surface area contributed by atoms with E-state index in [9.17, 15) is 9.18 Å². The Morgan fingerprint density at radius 3 is 2.48 bits per heavy atom. The van der Waals surface area contributed by atoms with Crippen LogP contribution in [0, 0.1) is 5.82 Å². The van der Waals surface area contributed by atoms with E-state index in [4.69, 9.17) is 32.7 Å². The average molecular weight is 661 g/mol. The van der Waals surface area contributed by atoms with Crippen molar-refractivity contribution in [1.29, 1.82) is 0 Å². The summed E-state index contributed by atoms with van der Waals surface area (Å²) in [5, 5.41) is 8.24. The molecule has 1 fully saturated rings. The Morgan fingerprint density at radius 2 is 1.70 bits per heavy atom. The van der Waals surface area contributed by atoms with E-state index < -0.39 is 11.7 Å². The third-order valence-corrected chi connectivity index (χ3v) is 8.28. The zero-order valence-corrected chi connectivity index (χ0v) is 26.5. The quantitative estimate of drug-likeness (QED) is 0.137. The van der Waals surface area contributed by atoms with Crippen molar-refractivity contribution in [3.8, 4) is 17.4 Å². The number of hydrogen-bond acceptors (Lipinski definition) is 7. The second-order valence-corrected chi connectivity index (χ2v) is 11.8. The zero-order valence-electron chi connectivity index (χ0n) is 24.9. The van der Waals surface area contributed by atoms with Crippen molar-refractivity contribution in [1.82, 2.24) is 14.9 Å². The van der Waals surface area contributed by atoms with E-state index in [1.807, 2.05) is 36.4 Å². The minimum Gasteiger partial charge on any atom is -0.490 e. The number of para-hydroxylation sites is 1. The Kier molecular flexibility index (Phi) is 10.1. The van der Waals surface area contributed by atoms with Gasteiger partial charge in [-0.3, -0.25) is 4.79 Å². The number of amides is 1. The van der Waals surface area contributed by atoms with Crippen molar-refractivity contribution in [3.63, 3.8) is 0 Å². The number of nitrogens with zero attached hydrogens (tertiary/aromatic N) is 3. The lowest BCUT2D eigenvalue weighted by Crippen LogP contribution is -2.31. The average Bonchev–Trinajstić information content (AvgIpc) is 3.06. The van der Waals surface area contributed by atoms with E-state index in [0.29, 0.717) is 18.0 Å². The third-order valence-electron chi connectivity index (χ3n) is 7.65. The van der Waals surface area contributed by atoms with Crippen molar-refractivity contribution in [2.75, 3.05) is 36.9 Å². The molecule has 1 aromatic heterocycles. The largest absolute Gasteiger partial charge is 0.490 e. The first-order valence-electron chi connectivity index (χ1n) is 15.1. The Hall–Kier alpha value is -4.44. The molecule has 0 atom stereocenters. The molecule has 8 nitrogen and oxygen atoms in total. The van der Waals surface area contributed by atoms with E-state index in [1.54, 1.807) is 36.4 Å². The van der Waals surface area contributed by atoms with Crippen LogP contribution in [0.25, 0.3) is 10.8 Å². The molecule has 4 aromatic carbocycles. The number of carbonyl (C=O) groups excluding carboxylic acids is 1. The molecule has 1 amide bonds. The number of likely N-dealkylation sites (tertiary alicyclic amines) is 1. The number of ether oxygens (including phenoxy) is 2. The Balaban J connectivity index is 1.19. The van der Waals surface area contributed by atoms with Gasteiger partial charge in [-0.25, -0.2) is 9.37 Å². The second kappa shape index (κ2) is 14.8. The molecule has 5 aromatic rings. The summed E-state index contributed by atoms with van der Waals surface area (Å²) in [7, 11) is 0. The van der Waals surface area contributed by atoms with Crippen LogP contribution in [0.4, 0.5) is 21.7 Å². The number of aromatic nitrogens is 2. The van der Waals surface area contributed by atoms with Gasteiger partial charge < -0.3 is 25.0 Å². The molecular formula is C35H32Cl2FN5O3. The van der Waals surface area contributed by atoms with Gasteiger partial charge in [0.25, 0.3) is 5.91 Å². The van der Waals surface area contributed by atoms with Crippen molar-refractivity contribution in [2.45, 2.75) is 25.7 Å². The topological polar surface area (TPSA) is 88.6 Å². The summed E-state index contributed by atoms with van der Waals surface area (Å²) in [4.78, 5) is 24.6. The highest BCUT2D eigenvalue weighted by molar-refractivity contribution is 6.40. The number of anilines is 3. The number of rotatable bonds is 11. The maximum absolute atomic E-state index is 15.0. The van der Waals surface area contributed by atoms with Crippen LogP contribution < -0.4 is 20.1 Å². The van der Waals surface area contributed by atoms with Crippen molar-refractivity contribution < 1.29 is 18.7 Å².